The zero-order valence-corrected chi connectivity index (χ0v) is 24.8. The number of benzene rings is 3. The fourth-order valence-electron chi connectivity index (χ4n) is 4.33. The van der Waals surface area contributed by atoms with E-state index in [4.69, 9.17) is 14.2 Å². The third-order valence-corrected chi connectivity index (χ3v) is 8.42. The van der Waals surface area contributed by atoms with E-state index in [0.29, 0.717) is 23.5 Å². The second kappa shape index (κ2) is 12.3. The molecule has 12 nitrogen and oxygen atoms in total. The van der Waals surface area contributed by atoms with E-state index in [0.717, 1.165) is 10.7 Å². The fourth-order valence-corrected chi connectivity index (χ4v) is 5.50. The van der Waals surface area contributed by atoms with Gasteiger partial charge in [-0.2, -0.15) is 9.78 Å². The van der Waals surface area contributed by atoms with Gasteiger partial charge in [0, 0.05) is 23.7 Å². The number of sulfonamides is 1. The van der Waals surface area contributed by atoms with E-state index in [2.05, 4.69) is 15.1 Å². The van der Waals surface area contributed by atoms with Crippen LogP contribution in [0.1, 0.15) is 41.9 Å². The van der Waals surface area contributed by atoms with Gasteiger partial charge in [0.25, 0.3) is 0 Å². The Kier molecular flexibility index (Phi) is 8.56. The number of carboxylic acid groups (broad SMARTS) is 1. The Bertz CT molecular complexity index is 1860. The Morgan fingerprint density at radius 3 is 2.61 bits per heavy atom. The molecule has 14 heteroatoms. The summed E-state index contributed by atoms with van der Waals surface area (Å²) in [6.07, 6.45) is 0.574. The van der Waals surface area contributed by atoms with E-state index in [1.165, 1.54) is 43.3 Å². The normalized spacial score (nSPS) is 13.0. The number of aromatic nitrogens is 2. The Morgan fingerprint density at radius 2 is 1.89 bits per heavy atom. The molecule has 1 aromatic heterocycles. The number of aromatic carboxylic acids is 1. The number of amides is 1. The molecule has 0 fully saturated rings. The summed E-state index contributed by atoms with van der Waals surface area (Å²) < 4.78 is 62.0. The lowest BCUT2D eigenvalue weighted by molar-refractivity contribution is -0.119. The lowest BCUT2D eigenvalue weighted by Crippen LogP contribution is -2.24. The maximum Gasteiger partial charge on any atom is 0.356 e. The number of nitrogens with zero attached hydrogens (tertiary/aromatic N) is 2. The summed E-state index contributed by atoms with van der Waals surface area (Å²) in [5, 5.41) is 16.5. The molecule has 5 rings (SSSR count). The number of carboxylic acids is 1. The van der Waals surface area contributed by atoms with Gasteiger partial charge in [-0.25, -0.2) is 22.3 Å². The van der Waals surface area contributed by atoms with Crippen molar-refractivity contribution in [3.05, 3.63) is 83.3 Å². The second-order valence-corrected chi connectivity index (χ2v) is 11.8. The van der Waals surface area contributed by atoms with Crippen LogP contribution in [0.25, 0.3) is 5.69 Å². The number of carbonyl (C=O) groups is 2. The molecular weight excluding hydrogens is 595 g/mol. The van der Waals surface area contributed by atoms with Crippen LogP contribution in [-0.2, 0) is 21.4 Å². The van der Waals surface area contributed by atoms with Crippen molar-refractivity contribution in [1.82, 2.24) is 14.5 Å². The van der Waals surface area contributed by atoms with Gasteiger partial charge in [-0.3, -0.25) is 4.79 Å². The molecule has 2 heterocycles. The number of rotatable bonds is 11. The number of hydrogen-bond acceptors (Lipinski definition) is 8. The Morgan fingerprint density at radius 1 is 1.11 bits per heavy atom. The van der Waals surface area contributed by atoms with E-state index >= 15 is 0 Å². The highest BCUT2D eigenvalue weighted by atomic mass is 32.2. The van der Waals surface area contributed by atoms with E-state index in [-0.39, 0.29) is 64.3 Å². The molecular formula is C30H29FN4O8S. The van der Waals surface area contributed by atoms with Gasteiger partial charge in [-0.05, 0) is 67.4 Å². The molecule has 0 spiro atoms. The zero-order valence-electron chi connectivity index (χ0n) is 24.0. The number of anilines is 1. The van der Waals surface area contributed by atoms with E-state index in [9.17, 15) is 27.5 Å². The molecule has 1 amide bonds. The van der Waals surface area contributed by atoms with Crippen LogP contribution in [0.15, 0.2) is 65.6 Å². The lowest BCUT2D eigenvalue weighted by Gasteiger charge is -2.17. The minimum absolute atomic E-state index is 0.0651. The third-order valence-electron chi connectivity index (χ3n) is 6.99. The molecule has 0 aliphatic carbocycles. The third kappa shape index (κ3) is 6.35. The molecule has 0 saturated heterocycles. The first-order valence-electron chi connectivity index (χ1n) is 13.6. The molecule has 1 aliphatic rings. The largest absolute Gasteiger partial charge is 0.476 e. The first-order valence-corrected chi connectivity index (χ1v) is 15.0. The first-order chi connectivity index (χ1) is 21.0. The van der Waals surface area contributed by atoms with Crippen molar-refractivity contribution in [2.24, 2.45) is 5.92 Å². The summed E-state index contributed by atoms with van der Waals surface area (Å²) in [4.78, 5) is 24.2. The molecule has 0 bridgehead atoms. The highest BCUT2D eigenvalue weighted by Gasteiger charge is 2.27. The fraction of sp³-hybridized carbons (Fsp3) is 0.233. The van der Waals surface area contributed by atoms with Gasteiger partial charge >= 0.3 is 5.97 Å². The van der Waals surface area contributed by atoms with Crippen molar-refractivity contribution in [3.63, 3.8) is 0 Å². The quantitative estimate of drug-likeness (QED) is 0.209. The first kappa shape index (κ1) is 30.5. The zero-order chi connectivity index (χ0) is 31.6. The van der Waals surface area contributed by atoms with Gasteiger partial charge in [0.05, 0.1) is 5.69 Å². The molecule has 4 aromatic rings. The highest BCUT2D eigenvalue weighted by molar-refractivity contribution is 7.89. The Labute approximate surface area is 252 Å². The van der Waals surface area contributed by atoms with Crippen molar-refractivity contribution in [3.8, 4) is 28.8 Å². The molecule has 1 aliphatic heterocycles. The topological polar surface area (TPSA) is 158 Å². The number of carbonyl (C=O) groups excluding carboxylic acids is 1. The van der Waals surface area contributed by atoms with E-state index in [1.54, 1.807) is 25.1 Å². The predicted octanol–water partition coefficient (Wildman–Crippen LogP) is 5.00. The van der Waals surface area contributed by atoms with Crippen molar-refractivity contribution in [2.75, 3.05) is 12.1 Å². The van der Waals surface area contributed by atoms with Crippen molar-refractivity contribution in [2.45, 2.75) is 38.6 Å². The monoisotopic (exact) mass is 624 g/mol. The van der Waals surface area contributed by atoms with Gasteiger partial charge < -0.3 is 24.6 Å². The Hall–Kier alpha value is -4.95. The van der Waals surface area contributed by atoms with Gasteiger partial charge in [0.15, 0.2) is 17.2 Å². The van der Waals surface area contributed by atoms with Crippen molar-refractivity contribution >= 4 is 27.6 Å². The lowest BCUT2D eigenvalue weighted by atomic mass is 10.1. The average Bonchev–Trinajstić information content (AvgIpc) is 3.60. The maximum absolute atomic E-state index is 14.1. The number of halogens is 1. The van der Waals surface area contributed by atoms with Crippen LogP contribution in [0.4, 0.5) is 10.1 Å². The van der Waals surface area contributed by atoms with Gasteiger partial charge in [0.1, 0.15) is 16.5 Å². The minimum Gasteiger partial charge on any atom is -0.476 e. The smallest absolute Gasteiger partial charge is 0.356 e. The number of hydrogen-bond donors (Lipinski definition) is 3. The summed E-state index contributed by atoms with van der Waals surface area (Å²) in [6, 6.07) is 14.3. The molecule has 230 valence electrons. The van der Waals surface area contributed by atoms with Gasteiger partial charge in [0.2, 0.25) is 28.6 Å². The summed E-state index contributed by atoms with van der Waals surface area (Å²) >= 11 is 0. The Balaban J connectivity index is 1.55. The van der Waals surface area contributed by atoms with Crippen molar-refractivity contribution in [1.29, 1.82) is 0 Å². The predicted molar refractivity (Wildman–Crippen MR) is 156 cm³/mol. The van der Waals surface area contributed by atoms with Crippen LogP contribution in [0.3, 0.4) is 0 Å². The minimum atomic E-state index is -4.32. The molecule has 0 unspecified atom stereocenters. The van der Waals surface area contributed by atoms with E-state index < -0.39 is 21.8 Å². The maximum atomic E-state index is 14.1. The number of ether oxygens (including phenoxy) is 3. The molecule has 1 atom stereocenters. The van der Waals surface area contributed by atoms with Crippen LogP contribution in [-0.4, -0.2) is 42.0 Å². The summed E-state index contributed by atoms with van der Waals surface area (Å²) in [5.41, 5.74) is 0.651. The number of fused-ring (bicyclic) bond motifs is 1. The van der Waals surface area contributed by atoms with E-state index in [1.807, 2.05) is 6.92 Å². The standard InChI is InChI=1S/C30H29FN4O8S/c1-4-17(2)28(36)33-21-9-11-24(26(14-21)44(39,40)32-15-19-8-10-23-25(12-19)42-16-41-23)43-29-18(3)27(30(37)38)34-35(29)22-7-5-6-20(31)13-22/h5-14,17,32H,4,15-16H2,1-3H3,(H,33,36)(H,37,38)/t17-/m1/s1. The molecule has 3 aromatic carbocycles. The summed E-state index contributed by atoms with van der Waals surface area (Å²) in [7, 11) is -4.32. The molecule has 0 radical (unpaired) electrons. The molecule has 0 saturated carbocycles. The molecule has 3 N–H and O–H groups in total. The average molecular weight is 625 g/mol. The van der Waals surface area contributed by atoms with Crippen LogP contribution in [0.5, 0.6) is 23.1 Å². The molecule has 44 heavy (non-hydrogen) atoms. The summed E-state index contributed by atoms with van der Waals surface area (Å²) in [6.45, 7) is 4.98. The highest BCUT2D eigenvalue weighted by Crippen LogP contribution is 2.36. The van der Waals surface area contributed by atoms with Crippen LogP contribution in [0.2, 0.25) is 0 Å². The summed E-state index contributed by atoms with van der Waals surface area (Å²) in [5.74, 6) is -1.89. The van der Waals surface area contributed by atoms with Gasteiger partial charge in [-0.15, -0.1) is 0 Å². The second-order valence-electron chi connectivity index (χ2n) is 10.0. The number of nitrogens with one attached hydrogen (secondary N) is 2. The SMILES string of the molecule is CC[C@@H](C)C(=O)Nc1ccc(Oc2c(C)c(C(=O)O)nn2-c2cccc(F)c2)c(S(=O)(=O)NCc2ccc3c(c2)OCO3)c1. The van der Waals surface area contributed by atoms with Crippen molar-refractivity contribution < 1.29 is 41.7 Å². The van der Waals surface area contributed by atoms with Gasteiger partial charge in [-0.1, -0.05) is 26.0 Å². The van der Waals surface area contributed by atoms with Crippen LogP contribution >= 0.6 is 0 Å². The van der Waals surface area contributed by atoms with Crippen LogP contribution in [0, 0.1) is 18.7 Å². The van der Waals surface area contributed by atoms with Crippen LogP contribution < -0.4 is 24.2 Å².